The number of ether oxygens (including phenoxy) is 1. The second-order valence-electron chi connectivity index (χ2n) is 4.29. The molecule has 0 aliphatic rings. The number of para-hydroxylation sites is 1. The maximum Gasteiger partial charge on any atom is 0.321 e. The Morgan fingerprint density at radius 2 is 1.85 bits per heavy atom. The van der Waals surface area contributed by atoms with E-state index in [4.69, 9.17) is 15.1 Å². The summed E-state index contributed by atoms with van der Waals surface area (Å²) in [5.74, 6) is -0.820. The van der Waals surface area contributed by atoms with Gasteiger partial charge in [-0.1, -0.05) is 30.3 Å². The lowest BCUT2D eigenvalue weighted by atomic mass is 10.0. The van der Waals surface area contributed by atoms with Gasteiger partial charge >= 0.3 is 5.97 Å². The molecule has 2 aromatic carbocycles. The second-order valence-corrected chi connectivity index (χ2v) is 4.29. The number of aliphatic carboxylic acids is 1. The molecule has 100 valence electrons. The van der Waals surface area contributed by atoms with Crippen molar-refractivity contribution in [3.05, 3.63) is 60.2 Å². The van der Waals surface area contributed by atoms with Crippen molar-refractivity contribution in [2.24, 2.45) is 5.92 Å². The van der Waals surface area contributed by atoms with Gasteiger partial charge in [0.25, 0.3) is 0 Å². The molecule has 0 aliphatic heterocycles. The summed E-state index contributed by atoms with van der Waals surface area (Å²) in [6.45, 7) is 0. The van der Waals surface area contributed by atoms with Crippen molar-refractivity contribution < 1.29 is 14.6 Å². The zero-order chi connectivity index (χ0) is 14.4. The van der Waals surface area contributed by atoms with Crippen LogP contribution in [-0.2, 0) is 11.2 Å². The molecule has 4 heteroatoms. The largest absolute Gasteiger partial charge is 0.480 e. The fourth-order valence-corrected chi connectivity index (χ4v) is 1.78. The molecule has 0 fully saturated rings. The van der Waals surface area contributed by atoms with Crippen LogP contribution in [0, 0.1) is 17.2 Å². The fourth-order valence-electron chi connectivity index (χ4n) is 1.78. The highest BCUT2D eigenvalue weighted by molar-refractivity contribution is 5.73. The molecule has 4 nitrogen and oxygen atoms in total. The maximum atomic E-state index is 10.9. The molecule has 0 heterocycles. The Hall–Kier alpha value is -2.80. The van der Waals surface area contributed by atoms with Gasteiger partial charge in [-0.3, -0.25) is 4.79 Å². The first kappa shape index (κ1) is 13.6. The highest BCUT2D eigenvalue weighted by Crippen LogP contribution is 2.22. The molecule has 1 N–H and O–H groups in total. The minimum atomic E-state index is -1.11. The minimum absolute atomic E-state index is 0.165. The highest BCUT2D eigenvalue weighted by Gasteiger charge is 2.17. The number of benzene rings is 2. The van der Waals surface area contributed by atoms with Crippen LogP contribution in [0.2, 0.25) is 0 Å². The predicted octanol–water partition coefficient (Wildman–Crippen LogP) is 3.25. The first-order valence-electron chi connectivity index (χ1n) is 6.13. The Balaban J connectivity index is 2.12. The van der Waals surface area contributed by atoms with E-state index in [0.717, 1.165) is 5.56 Å². The third-order valence-electron chi connectivity index (χ3n) is 2.77. The predicted molar refractivity (Wildman–Crippen MR) is 73.4 cm³/mol. The zero-order valence-corrected chi connectivity index (χ0v) is 10.7. The number of hydrogen-bond donors (Lipinski definition) is 1. The van der Waals surface area contributed by atoms with Crippen molar-refractivity contribution in [3.8, 4) is 17.6 Å². The summed E-state index contributed by atoms with van der Waals surface area (Å²) in [6, 6.07) is 18.2. The number of carbonyl (C=O) groups is 1. The molecule has 1 atom stereocenters. The molecule has 0 saturated carbocycles. The maximum absolute atomic E-state index is 10.9. The van der Waals surface area contributed by atoms with Gasteiger partial charge in [0, 0.05) is 0 Å². The van der Waals surface area contributed by atoms with E-state index in [9.17, 15) is 4.79 Å². The zero-order valence-electron chi connectivity index (χ0n) is 10.7. The summed E-state index contributed by atoms with van der Waals surface area (Å²) in [5, 5.41) is 17.7. The SMILES string of the molecule is N#CC(Cc1cccc(Oc2ccccc2)c1)C(=O)O. The molecule has 1 unspecified atom stereocenters. The first-order valence-corrected chi connectivity index (χ1v) is 6.13. The van der Waals surface area contributed by atoms with Gasteiger partial charge in [0.1, 0.15) is 17.4 Å². The molecule has 20 heavy (non-hydrogen) atoms. The van der Waals surface area contributed by atoms with Crippen molar-refractivity contribution in [1.29, 1.82) is 5.26 Å². The van der Waals surface area contributed by atoms with Gasteiger partial charge in [-0.15, -0.1) is 0 Å². The van der Waals surface area contributed by atoms with E-state index >= 15 is 0 Å². The topological polar surface area (TPSA) is 70.3 Å². The third kappa shape index (κ3) is 3.59. The van der Waals surface area contributed by atoms with Gasteiger partial charge < -0.3 is 9.84 Å². The highest BCUT2D eigenvalue weighted by atomic mass is 16.5. The number of carboxylic acid groups (broad SMARTS) is 1. The molecule has 2 aromatic rings. The molecule has 0 spiro atoms. The summed E-state index contributed by atoms with van der Waals surface area (Å²) in [5.41, 5.74) is 0.757. The second kappa shape index (κ2) is 6.39. The Morgan fingerprint density at radius 1 is 1.15 bits per heavy atom. The Bertz CT molecular complexity index is 632. The van der Waals surface area contributed by atoms with Crippen LogP contribution in [-0.4, -0.2) is 11.1 Å². The van der Waals surface area contributed by atoms with E-state index < -0.39 is 11.9 Å². The number of nitriles is 1. The molecule has 0 aromatic heterocycles. The van der Waals surface area contributed by atoms with Crippen molar-refractivity contribution >= 4 is 5.97 Å². The van der Waals surface area contributed by atoms with Crippen molar-refractivity contribution in [2.45, 2.75) is 6.42 Å². The summed E-state index contributed by atoms with van der Waals surface area (Å²) >= 11 is 0. The van der Waals surface area contributed by atoms with Crippen LogP contribution in [0.4, 0.5) is 0 Å². The van der Waals surface area contributed by atoms with Gasteiger partial charge in [-0.25, -0.2) is 0 Å². The average molecular weight is 267 g/mol. The van der Waals surface area contributed by atoms with Gasteiger partial charge in [-0.2, -0.15) is 5.26 Å². The van der Waals surface area contributed by atoms with E-state index in [-0.39, 0.29) is 6.42 Å². The molecule has 2 rings (SSSR count). The molecule has 0 amide bonds. The Morgan fingerprint density at radius 3 is 2.50 bits per heavy atom. The van der Waals surface area contributed by atoms with Gasteiger partial charge in [-0.05, 0) is 36.2 Å². The molecule has 0 bridgehead atoms. The van der Waals surface area contributed by atoms with Crippen LogP contribution in [0.15, 0.2) is 54.6 Å². The van der Waals surface area contributed by atoms with Crippen LogP contribution in [0.25, 0.3) is 0 Å². The van der Waals surface area contributed by atoms with Crippen molar-refractivity contribution in [1.82, 2.24) is 0 Å². The van der Waals surface area contributed by atoms with Gasteiger partial charge in [0.2, 0.25) is 0 Å². The fraction of sp³-hybridized carbons (Fsp3) is 0.125. The van der Waals surface area contributed by atoms with Crippen LogP contribution in [0.5, 0.6) is 11.5 Å². The summed E-state index contributed by atoms with van der Waals surface area (Å²) in [7, 11) is 0. The monoisotopic (exact) mass is 267 g/mol. The summed E-state index contributed by atoms with van der Waals surface area (Å²) < 4.78 is 5.66. The van der Waals surface area contributed by atoms with E-state index in [2.05, 4.69) is 0 Å². The Kier molecular flexibility index (Phi) is 4.35. The number of hydrogen-bond acceptors (Lipinski definition) is 3. The van der Waals surface area contributed by atoms with E-state index in [1.54, 1.807) is 30.3 Å². The van der Waals surface area contributed by atoms with Crippen molar-refractivity contribution in [3.63, 3.8) is 0 Å². The van der Waals surface area contributed by atoms with Crippen LogP contribution >= 0.6 is 0 Å². The van der Waals surface area contributed by atoms with E-state index in [0.29, 0.717) is 11.5 Å². The van der Waals surface area contributed by atoms with E-state index in [1.165, 1.54) is 0 Å². The Labute approximate surface area is 116 Å². The van der Waals surface area contributed by atoms with Gasteiger partial charge in [0.15, 0.2) is 0 Å². The number of rotatable bonds is 5. The molecular formula is C16H13NO3. The quantitative estimate of drug-likeness (QED) is 0.902. The first-order chi connectivity index (χ1) is 9.69. The van der Waals surface area contributed by atoms with Crippen LogP contribution in [0.3, 0.4) is 0 Å². The molecule has 0 aliphatic carbocycles. The van der Waals surface area contributed by atoms with Crippen molar-refractivity contribution in [2.75, 3.05) is 0 Å². The van der Waals surface area contributed by atoms with Crippen LogP contribution < -0.4 is 4.74 Å². The van der Waals surface area contributed by atoms with Gasteiger partial charge in [0.05, 0.1) is 6.07 Å². The lowest BCUT2D eigenvalue weighted by Crippen LogP contribution is -2.14. The summed E-state index contributed by atoms with van der Waals surface area (Å²) in [6.07, 6.45) is 0.165. The summed E-state index contributed by atoms with van der Waals surface area (Å²) in [4.78, 5) is 10.9. The average Bonchev–Trinajstić information content (AvgIpc) is 2.46. The third-order valence-corrected chi connectivity index (χ3v) is 2.77. The van der Waals surface area contributed by atoms with E-state index in [1.807, 2.05) is 30.3 Å². The smallest absolute Gasteiger partial charge is 0.321 e. The standard InChI is InChI=1S/C16H13NO3/c17-11-13(16(18)19)9-12-5-4-8-15(10-12)20-14-6-2-1-3-7-14/h1-8,10,13H,9H2,(H,18,19). The van der Waals surface area contributed by atoms with Crippen LogP contribution in [0.1, 0.15) is 5.56 Å². The lowest BCUT2D eigenvalue weighted by molar-refractivity contribution is -0.139. The number of carboxylic acids is 1. The lowest BCUT2D eigenvalue weighted by Gasteiger charge is -2.08. The number of nitrogens with zero attached hydrogens (tertiary/aromatic N) is 1. The molecule has 0 saturated heterocycles. The normalized spacial score (nSPS) is 11.3. The molecule has 0 radical (unpaired) electrons. The molecular weight excluding hydrogens is 254 g/mol. The minimum Gasteiger partial charge on any atom is -0.480 e.